The fraction of sp³-hybridized carbons (Fsp3) is 0.600. The summed E-state index contributed by atoms with van der Waals surface area (Å²) in [6, 6.07) is 0. The van der Waals surface area contributed by atoms with Gasteiger partial charge in [-0.1, -0.05) is 0 Å². The van der Waals surface area contributed by atoms with E-state index in [1.165, 1.54) is 0 Å². The standard InChI is InChI=1S/C5H8O3.Al.3H/c1-2-8-5(7)3-4-6;;;;/h4H,2-3H2,1H3;;;;. The smallest absolute Gasteiger partial charge is 0.312 e. The summed E-state index contributed by atoms with van der Waals surface area (Å²) in [6.07, 6.45) is 0.395. The molecule has 0 N–H and O–H groups in total. The third-order valence-corrected chi connectivity index (χ3v) is 0.555. The van der Waals surface area contributed by atoms with Crippen LogP contribution in [-0.4, -0.2) is 36.2 Å². The minimum Gasteiger partial charge on any atom is -0.466 e. The van der Waals surface area contributed by atoms with Gasteiger partial charge in [0.25, 0.3) is 0 Å². The van der Waals surface area contributed by atoms with E-state index in [4.69, 9.17) is 0 Å². The van der Waals surface area contributed by atoms with Gasteiger partial charge in [-0.2, -0.15) is 0 Å². The van der Waals surface area contributed by atoms with Crippen LogP contribution < -0.4 is 0 Å². The zero-order valence-electron chi connectivity index (χ0n) is 4.72. The molecule has 0 aliphatic heterocycles. The van der Waals surface area contributed by atoms with Crippen molar-refractivity contribution in [3.05, 3.63) is 0 Å². The molecule has 52 valence electrons. The first-order chi connectivity index (χ1) is 3.81. The predicted molar refractivity (Wildman–Crippen MR) is 37.3 cm³/mol. The molecule has 0 saturated heterocycles. The highest BCUT2D eigenvalue weighted by Crippen LogP contribution is 1.79. The predicted octanol–water partition coefficient (Wildman–Crippen LogP) is -1.05. The number of carbonyl (C=O) groups excluding carboxylic acids is 2. The van der Waals surface area contributed by atoms with Crippen molar-refractivity contribution < 1.29 is 14.3 Å². The highest BCUT2D eigenvalue weighted by Gasteiger charge is 1.95. The van der Waals surface area contributed by atoms with Crippen molar-refractivity contribution in [2.24, 2.45) is 0 Å². The summed E-state index contributed by atoms with van der Waals surface area (Å²) in [5.41, 5.74) is 0. The van der Waals surface area contributed by atoms with Crippen LogP contribution in [0.4, 0.5) is 0 Å². The van der Waals surface area contributed by atoms with Crippen molar-refractivity contribution in [2.45, 2.75) is 13.3 Å². The number of hydrogen-bond donors (Lipinski definition) is 0. The lowest BCUT2D eigenvalue weighted by Crippen LogP contribution is -2.03. The van der Waals surface area contributed by atoms with Crippen LogP contribution in [0, 0.1) is 0 Å². The second-order valence-electron chi connectivity index (χ2n) is 1.18. The SMILES string of the molecule is CCOC(=O)CC=O.[AlH3]. The van der Waals surface area contributed by atoms with Gasteiger partial charge in [0.15, 0.2) is 17.4 Å². The van der Waals surface area contributed by atoms with E-state index in [1.54, 1.807) is 6.92 Å². The molecule has 0 fully saturated rings. The lowest BCUT2D eigenvalue weighted by atomic mass is 10.5. The molecule has 0 aliphatic carbocycles. The van der Waals surface area contributed by atoms with Gasteiger partial charge in [0.2, 0.25) is 0 Å². The Morgan fingerprint density at radius 2 is 2.22 bits per heavy atom. The Balaban J connectivity index is 0. The van der Waals surface area contributed by atoms with E-state index in [2.05, 4.69) is 4.74 Å². The Kier molecular flexibility index (Phi) is 9.78. The van der Waals surface area contributed by atoms with Crippen LogP contribution in [0.15, 0.2) is 0 Å². The van der Waals surface area contributed by atoms with Crippen LogP contribution in [0.5, 0.6) is 0 Å². The highest BCUT2D eigenvalue weighted by molar-refractivity contribution is 5.83. The van der Waals surface area contributed by atoms with E-state index in [-0.39, 0.29) is 23.8 Å². The fourth-order valence-corrected chi connectivity index (χ4v) is 0.288. The summed E-state index contributed by atoms with van der Waals surface area (Å²) in [7, 11) is 0. The van der Waals surface area contributed by atoms with Gasteiger partial charge in [-0.05, 0) is 6.92 Å². The molecule has 0 aliphatic rings. The minimum absolute atomic E-state index is 0. The van der Waals surface area contributed by atoms with E-state index < -0.39 is 5.97 Å². The first-order valence-electron chi connectivity index (χ1n) is 2.40. The van der Waals surface area contributed by atoms with Gasteiger partial charge >= 0.3 is 5.97 Å². The Labute approximate surface area is 64.5 Å². The number of rotatable bonds is 3. The molecule has 0 aromatic heterocycles. The number of ether oxygens (including phenoxy) is 1. The molecule has 0 heterocycles. The van der Waals surface area contributed by atoms with Gasteiger partial charge in [0.1, 0.15) is 12.7 Å². The van der Waals surface area contributed by atoms with Crippen molar-refractivity contribution in [1.29, 1.82) is 0 Å². The maximum absolute atomic E-state index is 10.2. The zero-order chi connectivity index (χ0) is 6.41. The molecule has 9 heavy (non-hydrogen) atoms. The summed E-state index contributed by atoms with van der Waals surface area (Å²) < 4.78 is 4.41. The van der Waals surface area contributed by atoms with Crippen LogP contribution in [0.25, 0.3) is 0 Å². The highest BCUT2D eigenvalue weighted by atomic mass is 27.0. The van der Waals surface area contributed by atoms with Crippen molar-refractivity contribution >= 4 is 29.6 Å². The molecular formula is C5H11AlO3. The molecule has 0 saturated carbocycles. The fourth-order valence-electron chi connectivity index (χ4n) is 0.288. The first kappa shape index (κ1) is 11.5. The normalized spacial score (nSPS) is 7.22. The minimum atomic E-state index is -0.456. The van der Waals surface area contributed by atoms with Gasteiger partial charge < -0.3 is 9.53 Å². The van der Waals surface area contributed by atoms with E-state index in [9.17, 15) is 9.59 Å². The molecular weight excluding hydrogens is 135 g/mol. The largest absolute Gasteiger partial charge is 0.466 e. The number of carbonyl (C=O) groups is 2. The number of esters is 1. The number of hydrogen-bond acceptors (Lipinski definition) is 3. The quantitative estimate of drug-likeness (QED) is 0.221. The average Bonchev–Trinajstić information content (AvgIpc) is 1.68. The third-order valence-electron chi connectivity index (χ3n) is 0.555. The topological polar surface area (TPSA) is 43.4 Å². The van der Waals surface area contributed by atoms with Gasteiger partial charge in [0.05, 0.1) is 6.61 Å². The number of aldehydes is 1. The molecule has 3 nitrogen and oxygen atoms in total. The van der Waals surface area contributed by atoms with Gasteiger partial charge in [-0.3, -0.25) is 4.79 Å². The van der Waals surface area contributed by atoms with E-state index in [0.717, 1.165) is 0 Å². The van der Waals surface area contributed by atoms with E-state index in [0.29, 0.717) is 12.9 Å². The maximum Gasteiger partial charge on any atom is 0.312 e. The second-order valence-corrected chi connectivity index (χ2v) is 1.18. The molecule has 0 radical (unpaired) electrons. The van der Waals surface area contributed by atoms with E-state index >= 15 is 0 Å². The monoisotopic (exact) mass is 146 g/mol. The Morgan fingerprint density at radius 1 is 1.67 bits per heavy atom. The van der Waals surface area contributed by atoms with Crippen LogP contribution >= 0.6 is 0 Å². The molecule has 0 amide bonds. The Hall–Kier alpha value is -0.328. The lowest BCUT2D eigenvalue weighted by molar-refractivity contribution is -0.143. The van der Waals surface area contributed by atoms with Crippen LogP contribution in [-0.2, 0) is 14.3 Å². The molecule has 0 rings (SSSR count). The molecule has 0 atom stereocenters. The maximum atomic E-state index is 10.2. The zero-order valence-corrected chi connectivity index (χ0v) is 4.72. The molecule has 0 bridgehead atoms. The summed E-state index contributed by atoms with van der Waals surface area (Å²) in [6.45, 7) is 2.04. The second kappa shape index (κ2) is 7.67. The molecule has 0 spiro atoms. The summed E-state index contributed by atoms with van der Waals surface area (Å²) in [4.78, 5) is 19.8. The Bertz CT molecular complexity index is 92.2. The van der Waals surface area contributed by atoms with Crippen molar-refractivity contribution in [3.63, 3.8) is 0 Å². The Morgan fingerprint density at radius 3 is 2.56 bits per heavy atom. The summed E-state index contributed by atoms with van der Waals surface area (Å²) in [5.74, 6) is -0.456. The van der Waals surface area contributed by atoms with E-state index in [1.807, 2.05) is 0 Å². The van der Waals surface area contributed by atoms with Crippen LogP contribution in [0.2, 0.25) is 0 Å². The van der Waals surface area contributed by atoms with Crippen LogP contribution in [0.1, 0.15) is 13.3 Å². The average molecular weight is 146 g/mol. The summed E-state index contributed by atoms with van der Waals surface area (Å²) in [5, 5.41) is 0. The van der Waals surface area contributed by atoms with Crippen LogP contribution in [0.3, 0.4) is 0 Å². The van der Waals surface area contributed by atoms with Gasteiger partial charge in [0, 0.05) is 0 Å². The summed E-state index contributed by atoms with van der Waals surface area (Å²) >= 11 is 0. The van der Waals surface area contributed by atoms with Crippen molar-refractivity contribution in [1.82, 2.24) is 0 Å². The molecule has 0 unspecified atom stereocenters. The van der Waals surface area contributed by atoms with Crippen molar-refractivity contribution in [2.75, 3.05) is 6.61 Å². The molecule has 0 aromatic carbocycles. The van der Waals surface area contributed by atoms with Gasteiger partial charge in [-0.15, -0.1) is 0 Å². The third kappa shape index (κ3) is 7.67. The first-order valence-corrected chi connectivity index (χ1v) is 2.40. The van der Waals surface area contributed by atoms with Gasteiger partial charge in [-0.25, -0.2) is 0 Å². The molecule has 0 aromatic rings. The molecule has 4 heteroatoms. The lowest BCUT2D eigenvalue weighted by Gasteiger charge is -1.93. The van der Waals surface area contributed by atoms with Crippen molar-refractivity contribution in [3.8, 4) is 0 Å².